The summed E-state index contributed by atoms with van der Waals surface area (Å²) in [5.41, 5.74) is 1.11. The molecular formula is C29H25ClF5N5O3S2. The SMILES string of the molecule is CC(Nc1cc(CNC(=O)C2CC(F)(F)CN2S(=O)(=O)c2ccc(Cl)s2)cc(-c2ccc(C(F)(F)F)cc2)n1)c1ccncc1. The minimum absolute atomic E-state index is 0.143. The molecule has 8 nitrogen and oxygen atoms in total. The van der Waals surface area contributed by atoms with Gasteiger partial charge in [0.05, 0.1) is 28.2 Å². The Balaban J connectivity index is 1.41. The molecule has 1 saturated heterocycles. The summed E-state index contributed by atoms with van der Waals surface area (Å²) in [6, 6.07) is 11.7. The number of alkyl halides is 5. The fourth-order valence-corrected chi connectivity index (χ4v) is 8.05. The molecular weight excluding hydrogens is 661 g/mol. The molecule has 0 aliphatic carbocycles. The number of halogens is 6. The molecule has 45 heavy (non-hydrogen) atoms. The molecule has 1 fully saturated rings. The third kappa shape index (κ3) is 7.60. The topological polar surface area (TPSA) is 104 Å². The van der Waals surface area contributed by atoms with Gasteiger partial charge in [-0.05, 0) is 66.6 Å². The van der Waals surface area contributed by atoms with Crippen molar-refractivity contribution in [2.24, 2.45) is 0 Å². The first-order chi connectivity index (χ1) is 21.1. The van der Waals surface area contributed by atoms with Crippen molar-refractivity contribution in [3.8, 4) is 11.3 Å². The van der Waals surface area contributed by atoms with Crippen LogP contribution < -0.4 is 10.6 Å². The molecule has 16 heteroatoms. The second kappa shape index (κ2) is 12.6. The highest BCUT2D eigenvalue weighted by Gasteiger charge is 2.53. The highest BCUT2D eigenvalue weighted by Crippen LogP contribution is 2.38. The van der Waals surface area contributed by atoms with Crippen molar-refractivity contribution in [2.45, 2.75) is 48.3 Å². The molecule has 0 bridgehead atoms. The first-order valence-corrected chi connectivity index (χ1v) is 16.0. The normalized spacial score (nSPS) is 17.6. The van der Waals surface area contributed by atoms with Gasteiger partial charge in [0.15, 0.2) is 0 Å². The van der Waals surface area contributed by atoms with Crippen LogP contribution in [0.2, 0.25) is 4.34 Å². The van der Waals surface area contributed by atoms with Crippen molar-refractivity contribution >= 4 is 44.7 Å². The van der Waals surface area contributed by atoms with E-state index in [-0.39, 0.29) is 26.8 Å². The maximum Gasteiger partial charge on any atom is 0.416 e. The molecule has 238 valence electrons. The number of nitrogens with one attached hydrogen (secondary N) is 2. The van der Waals surface area contributed by atoms with Crippen molar-refractivity contribution in [1.29, 1.82) is 0 Å². The van der Waals surface area contributed by atoms with E-state index >= 15 is 0 Å². The fraction of sp³-hybridized carbons (Fsp3) is 0.276. The lowest BCUT2D eigenvalue weighted by atomic mass is 10.1. The van der Waals surface area contributed by atoms with Gasteiger partial charge in [0.1, 0.15) is 16.1 Å². The largest absolute Gasteiger partial charge is 0.416 e. The fourth-order valence-electron chi connectivity index (χ4n) is 4.82. The number of hydrogen-bond donors (Lipinski definition) is 2. The average molecular weight is 686 g/mol. The van der Waals surface area contributed by atoms with Crippen molar-refractivity contribution in [2.75, 3.05) is 11.9 Å². The Bertz CT molecular complexity index is 1790. The summed E-state index contributed by atoms with van der Waals surface area (Å²) >= 11 is 6.55. The number of benzene rings is 1. The summed E-state index contributed by atoms with van der Waals surface area (Å²) in [5, 5.41) is 5.76. The second-order valence-electron chi connectivity index (χ2n) is 10.4. The number of rotatable bonds is 9. The predicted octanol–water partition coefficient (Wildman–Crippen LogP) is 6.77. The summed E-state index contributed by atoms with van der Waals surface area (Å²) in [6.07, 6.45) is -2.31. The maximum absolute atomic E-state index is 14.5. The Labute approximate surface area is 264 Å². The number of thiophene rings is 1. The van der Waals surface area contributed by atoms with Gasteiger partial charge in [-0.3, -0.25) is 9.78 Å². The molecule has 1 amide bonds. The molecule has 2 atom stereocenters. The predicted molar refractivity (Wildman–Crippen MR) is 159 cm³/mol. The molecule has 0 saturated carbocycles. The molecule has 0 spiro atoms. The van der Waals surface area contributed by atoms with Crippen LogP contribution in [0, 0.1) is 0 Å². The lowest BCUT2D eigenvalue weighted by Gasteiger charge is -2.22. The lowest BCUT2D eigenvalue weighted by Crippen LogP contribution is -2.45. The Hall–Kier alpha value is -3.66. The van der Waals surface area contributed by atoms with Gasteiger partial charge in [-0.2, -0.15) is 17.5 Å². The quantitative estimate of drug-likeness (QED) is 0.189. The molecule has 3 aromatic heterocycles. The number of nitrogens with zero attached hydrogens (tertiary/aromatic N) is 3. The van der Waals surface area contributed by atoms with Gasteiger partial charge in [-0.15, -0.1) is 11.3 Å². The van der Waals surface area contributed by atoms with E-state index in [4.69, 9.17) is 11.6 Å². The van der Waals surface area contributed by atoms with Crippen LogP contribution in [0.15, 0.2) is 77.3 Å². The first kappa shape index (κ1) is 32.7. The molecule has 4 heterocycles. The van der Waals surface area contributed by atoms with E-state index in [1.807, 2.05) is 6.92 Å². The number of sulfonamides is 1. The summed E-state index contributed by atoms with van der Waals surface area (Å²) in [4.78, 5) is 21.8. The van der Waals surface area contributed by atoms with Gasteiger partial charge in [-0.1, -0.05) is 23.7 Å². The third-order valence-electron chi connectivity index (χ3n) is 7.07. The van der Waals surface area contributed by atoms with Crippen LogP contribution in [0.1, 0.15) is 36.1 Å². The highest BCUT2D eigenvalue weighted by molar-refractivity contribution is 7.91. The van der Waals surface area contributed by atoms with Crippen LogP contribution in [-0.4, -0.2) is 47.1 Å². The number of pyridine rings is 2. The summed E-state index contributed by atoms with van der Waals surface area (Å²) in [5.74, 6) is -4.05. The number of hydrogen-bond acceptors (Lipinski definition) is 7. The van der Waals surface area contributed by atoms with E-state index in [1.54, 1.807) is 30.6 Å². The Morgan fingerprint density at radius 2 is 1.80 bits per heavy atom. The van der Waals surface area contributed by atoms with Gasteiger partial charge >= 0.3 is 6.18 Å². The van der Waals surface area contributed by atoms with Gasteiger partial charge < -0.3 is 10.6 Å². The average Bonchev–Trinajstić information content (AvgIpc) is 3.59. The van der Waals surface area contributed by atoms with Crippen LogP contribution in [0.25, 0.3) is 11.3 Å². The van der Waals surface area contributed by atoms with Gasteiger partial charge in [0, 0.05) is 30.9 Å². The molecule has 2 N–H and O–H groups in total. The summed E-state index contributed by atoms with van der Waals surface area (Å²) in [6.45, 7) is 0.477. The Kier molecular flexibility index (Phi) is 9.18. The zero-order valence-electron chi connectivity index (χ0n) is 23.4. The van der Waals surface area contributed by atoms with Crippen LogP contribution in [0.5, 0.6) is 0 Å². The van der Waals surface area contributed by atoms with Crippen molar-refractivity contribution in [3.05, 3.63) is 94.1 Å². The van der Waals surface area contributed by atoms with E-state index in [1.165, 1.54) is 30.3 Å². The minimum Gasteiger partial charge on any atom is -0.364 e. The molecule has 1 aliphatic rings. The smallest absolute Gasteiger partial charge is 0.364 e. The van der Waals surface area contributed by atoms with Gasteiger partial charge in [-0.25, -0.2) is 22.2 Å². The Morgan fingerprint density at radius 1 is 1.11 bits per heavy atom. The van der Waals surface area contributed by atoms with Crippen molar-refractivity contribution in [3.63, 3.8) is 0 Å². The second-order valence-corrected chi connectivity index (χ2v) is 14.2. The number of carbonyl (C=O) groups is 1. The lowest BCUT2D eigenvalue weighted by molar-refractivity contribution is -0.137. The van der Waals surface area contributed by atoms with Crippen LogP contribution >= 0.6 is 22.9 Å². The third-order valence-corrected chi connectivity index (χ3v) is 10.6. The molecule has 2 unspecified atom stereocenters. The number of aromatic nitrogens is 2. The first-order valence-electron chi connectivity index (χ1n) is 13.4. The standard InChI is InChI=1S/C29H25ClF5N5O3S2/c1-17(19-8-10-36-11-9-19)38-25-13-18(12-22(39-25)20-2-4-21(5-3-20)29(33,34)35)15-37-27(41)23-14-28(31,32)16-40(23)45(42,43)26-7-6-24(30)44-26/h2-13,17,23H,14-16H2,1H3,(H,37,41)(H,38,39). The minimum atomic E-state index is -4.53. The number of carbonyl (C=O) groups excluding carboxylic acids is 1. The molecule has 1 aromatic carbocycles. The van der Waals surface area contributed by atoms with Gasteiger partial charge in [0.2, 0.25) is 5.91 Å². The summed E-state index contributed by atoms with van der Waals surface area (Å²) in [7, 11) is -4.45. The van der Waals surface area contributed by atoms with E-state index < -0.39 is 52.6 Å². The van der Waals surface area contributed by atoms with Crippen LogP contribution in [0.3, 0.4) is 0 Å². The van der Waals surface area contributed by atoms with Crippen molar-refractivity contribution < 1.29 is 35.2 Å². The molecule has 1 aliphatic heterocycles. The Morgan fingerprint density at radius 3 is 2.42 bits per heavy atom. The van der Waals surface area contributed by atoms with E-state index in [0.717, 1.165) is 17.7 Å². The van der Waals surface area contributed by atoms with Crippen LogP contribution in [-0.2, 0) is 27.5 Å². The zero-order chi connectivity index (χ0) is 32.6. The number of anilines is 1. The van der Waals surface area contributed by atoms with Gasteiger partial charge in [0.25, 0.3) is 15.9 Å². The monoisotopic (exact) mass is 685 g/mol. The van der Waals surface area contributed by atoms with Crippen molar-refractivity contribution in [1.82, 2.24) is 19.6 Å². The van der Waals surface area contributed by atoms with E-state index in [9.17, 15) is 35.2 Å². The molecule has 4 aromatic rings. The highest BCUT2D eigenvalue weighted by atomic mass is 35.5. The maximum atomic E-state index is 14.5. The molecule has 5 rings (SSSR count). The number of amides is 1. The zero-order valence-corrected chi connectivity index (χ0v) is 25.7. The van der Waals surface area contributed by atoms with Crippen LogP contribution in [0.4, 0.5) is 27.8 Å². The van der Waals surface area contributed by atoms with E-state index in [2.05, 4.69) is 20.6 Å². The molecule has 0 radical (unpaired) electrons. The van der Waals surface area contributed by atoms with E-state index in [0.29, 0.717) is 32.6 Å². The summed E-state index contributed by atoms with van der Waals surface area (Å²) < 4.78 is 95.0.